The lowest BCUT2D eigenvalue weighted by atomic mass is 10.2. The minimum absolute atomic E-state index is 0.172. The van der Waals surface area contributed by atoms with Crippen molar-refractivity contribution >= 4 is 11.6 Å². The van der Waals surface area contributed by atoms with Gasteiger partial charge in [0.2, 0.25) is 0 Å². The zero-order valence-electron chi connectivity index (χ0n) is 13.5. The second kappa shape index (κ2) is 7.84. The van der Waals surface area contributed by atoms with E-state index in [4.69, 9.17) is 14.4 Å². The zero-order chi connectivity index (χ0) is 17.5. The lowest BCUT2D eigenvalue weighted by Gasteiger charge is -2.22. The van der Waals surface area contributed by atoms with E-state index in [1.807, 2.05) is 36.4 Å². The lowest BCUT2D eigenvalue weighted by molar-refractivity contribution is -0.120. The standard InChI is InChI=1S/C20H16N2O3/c21-13-16-7-4-5-11-19(16)25-15-20(23)22(14-18-10-6-12-24-18)17-8-2-1-3-9-17/h1-12H,14-15H2. The van der Waals surface area contributed by atoms with Crippen molar-refractivity contribution in [3.63, 3.8) is 0 Å². The molecule has 0 aliphatic carbocycles. The van der Waals surface area contributed by atoms with E-state index < -0.39 is 0 Å². The molecule has 5 nitrogen and oxygen atoms in total. The quantitative estimate of drug-likeness (QED) is 0.689. The van der Waals surface area contributed by atoms with E-state index in [0.717, 1.165) is 5.69 Å². The largest absolute Gasteiger partial charge is 0.482 e. The first kappa shape index (κ1) is 16.3. The van der Waals surface area contributed by atoms with Crippen molar-refractivity contribution in [3.05, 3.63) is 84.3 Å². The summed E-state index contributed by atoms with van der Waals surface area (Å²) in [6, 6.07) is 21.8. The molecule has 5 heteroatoms. The van der Waals surface area contributed by atoms with Crippen LogP contribution in [0.4, 0.5) is 5.69 Å². The molecule has 1 aromatic heterocycles. The second-order valence-corrected chi connectivity index (χ2v) is 5.29. The van der Waals surface area contributed by atoms with Crippen LogP contribution >= 0.6 is 0 Å². The summed E-state index contributed by atoms with van der Waals surface area (Å²) in [5.74, 6) is 0.842. The highest BCUT2D eigenvalue weighted by molar-refractivity contribution is 5.94. The van der Waals surface area contributed by atoms with Crippen LogP contribution in [-0.4, -0.2) is 12.5 Å². The first-order valence-electron chi connectivity index (χ1n) is 7.77. The van der Waals surface area contributed by atoms with Crippen molar-refractivity contribution in [1.82, 2.24) is 0 Å². The molecule has 0 unspecified atom stereocenters. The fraction of sp³-hybridized carbons (Fsp3) is 0.100. The lowest BCUT2D eigenvalue weighted by Crippen LogP contribution is -2.34. The highest BCUT2D eigenvalue weighted by Crippen LogP contribution is 2.20. The van der Waals surface area contributed by atoms with Crippen molar-refractivity contribution in [2.45, 2.75) is 6.54 Å². The maximum atomic E-state index is 12.7. The number of amides is 1. The molecule has 25 heavy (non-hydrogen) atoms. The third kappa shape index (κ3) is 4.06. The molecule has 1 amide bonds. The number of ether oxygens (including phenoxy) is 1. The first-order chi connectivity index (χ1) is 12.3. The predicted molar refractivity (Wildman–Crippen MR) is 93.0 cm³/mol. The van der Waals surface area contributed by atoms with Gasteiger partial charge in [-0.15, -0.1) is 0 Å². The highest BCUT2D eigenvalue weighted by atomic mass is 16.5. The number of nitrogens with zero attached hydrogens (tertiary/aromatic N) is 2. The van der Waals surface area contributed by atoms with Crippen LogP contribution in [0.15, 0.2) is 77.4 Å². The number of anilines is 1. The smallest absolute Gasteiger partial charge is 0.265 e. The Morgan fingerprint density at radius 1 is 1.04 bits per heavy atom. The number of carbonyl (C=O) groups excluding carboxylic acids is 1. The first-order valence-corrected chi connectivity index (χ1v) is 7.77. The van der Waals surface area contributed by atoms with Gasteiger partial charge in [-0.1, -0.05) is 30.3 Å². The van der Waals surface area contributed by atoms with Gasteiger partial charge in [-0.05, 0) is 36.4 Å². The van der Waals surface area contributed by atoms with Gasteiger partial charge >= 0.3 is 0 Å². The summed E-state index contributed by atoms with van der Waals surface area (Å²) in [6.45, 7) is 0.132. The van der Waals surface area contributed by atoms with E-state index in [2.05, 4.69) is 6.07 Å². The Labute approximate surface area is 145 Å². The molecule has 1 heterocycles. The molecule has 2 aromatic carbocycles. The number of nitriles is 1. The Bertz CT molecular complexity index is 867. The van der Waals surface area contributed by atoms with Crippen molar-refractivity contribution in [2.75, 3.05) is 11.5 Å². The van der Waals surface area contributed by atoms with E-state index in [1.54, 1.807) is 41.5 Å². The number of para-hydroxylation sites is 2. The Morgan fingerprint density at radius 2 is 1.80 bits per heavy atom. The van der Waals surface area contributed by atoms with E-state index in [0.29, 0.717) is 23.6 Å². The van der Waals surface area contributed by atoms with Crippen LogP contribution in [0.1, 0.15) is 11.3 Å². The molecule has 3 aromatic rings. The normalized spacial score (nSPS) is 10.0. The Balaban J connectivity index is 1.76. The van der Waals surface area contributed by atoms with Gasteiger partial charge in [0.15, 0.2) is 6.61 Å². The van der Waals surface area contributed by atoms with Crippen LogP contribution in [-0.2, 0) is 11.3 Å². The van der Waals surface area contributed by atoms with E-state index in [1.165, 1.54) is 0 Å². The molecule has 0 radical (unpaired) electrons. The molecule has 0 atom stereocenters. The van der Waals surface area contributed by atoms with Gasteiger partial charge in [0.25, 0.3) is 5.91 Å². The molecule has 0 saturated heterocycles. The van der Waals surface area contributed by atoms with Gasteiger partial charge in [0.1, 0.15) is 17.6 Å². The van der Waals surface area contributed by atoms with Gasteiger partial charge in [0.05, 0.1) is 18.4 Å². The van der Waals surface area contributed by atoms with Crippen LogP contribution in [0.5, 0.6) is 5.75 Å². The summed E-state index contributed by atoms with van der Waals surface area (Å²) in [6.07, 6.45) is 1.57. The third-order valence-corrected chi connectivity index (χ3v) is 3.62. The Hall–Kier alpha value is -3.52. The number of hydrogen-bond donors (Lipinski definition) is 0. The summed E-state index contributed by atoms with van der Waals surface area (Å²) in [4.78, 5) is 14.3. The molecule has 0 spiro atoms. The minimum atomic E-state index is -0.227. The van der Waals surface area contributed by atoms with E-state index >= 15 is 0 Å². The molecular weight excluding hydrogens is 316 g/mol. The average molecular weight is 332 g/mol. The van der Waals surface area contributed by atoms with E-state index in [-0.39, 0.29) is 12.5 Å². The van der Waals surface area contributed by atoms with Crippen LogP contribution in [0.2, 0.25) is 0 Å². The summed E-state index contributed by atoms with van der Waals surface area (Å²) in [7, 11) is 0. The average Bonchev–Trinajstić information content (AvgIpc) is 3.18. The molecule has 0 fully saturated rings. The minimum Gasteiger partial charge on any atom is -0.482 e. The number of carbonyl (C=O) groups is 1. The summed E-state index contributed by atoms with van der Waals surface area (Å²) in [5.41, 5.74) is 1.15. The zero-order valence-corrected chi connectivity index (χ0v) is 13.5. The monoisotopic (exact) mass is 332 g/mol. The molecular formula is C20H16N2O3. The molecule has 0 aliphatic rings. The maximum absolute atomic E-state index is 12.7. The predicted octanol–water partition coefficient (Wildman–Crippen LogP) is 3.76. The Morgan fingerprint density at radius 3 is 2.52 bits per heavy atom. The van der Waals surface area contributed by atoms with Gasteiger partial charge < -0.3 is 14.1 Å². The fourth-order valence-corrected chi connectivity index (χ4v) is 2.39. The SMILES string of the molecule is N#Cc1ccccc1OCC(=O)N(Cc1ccco1)c1ccccc1. The molecule has 124 valence electrons. The van der Waals surface area contributed by atoms with Crippen LogP contribution < -0.4 is 9.64 Å². The molecule has 0 N–H and O–H groups in total. The molecule has 0 saturated carbocycles. The molecule has 0 bridgehead atoms. The van der Waals surface area contributed by atoms with E-state index in [9.17, 15) is 4.79 Å². The summed E-state index contributed by atoms with van der Waals surface area (Å²) >= 11 is 0. The second-order valence-electron chi connectivity index (χ2n) is 5.29. The number of hydrogen-bond acceptors (Lipinski definition) is 4. The van der Waals surface area contributed by atoms with Gasteiger partial charge in [-0.25, -0.2) is 0 Å². The molecule has 3 rings (SSSR count). The van der Waals surface area contributed by atoms with Crippen molar-refractivity contribution in [3.8, 4) is 11.8 Å². The maximum Gasteiger partial charge on any atom is 0.265 e. The summed E-state index contributed by atoms with van der Waals surface area (Å²) < 4.78 is 10.9. The number of rotatable bonds is 6. The Kier molecular flexibility index (Phi) is 5.13. The number of furan rings is 1. The van der Waals surface area contributed by atoms with Gasteiger partial charge in [0, 0.05) is 5.69 Å². The van der Waals surface area contributed by atoms with Crippen molar-refractivity contribution in [1.29, 1.82) is 5.26 Å². The van der Waals surface area contributed by atoms with Crippen LogP contribution in [0, 0.1) is 11.3 Å². The topological polar surface area (TPSA) is 66.5 Å². The molecule has 0 aliphatic heterocycles. The van der Waals surface area contributed by atoms with Gasteiger partial charge in [-0.2, -0.15) is 5.26 Å². The van der Waals surface area contributed by atoms with Crippen molar-refractivity contribution in [2.24, 2.45) is 0 Å². The third-order valence-electron chi connectivity index (χ3n) is 3.62. The summed E-state index contributed by atoms with van der Waals surface area (Å²) in [5, 5.41) is 9.10. The number of benzene rings is 2. The van der Waals surface area contributed by atoms with Crippen molar-refractivity contribution < 1.29 is 13.9 Å². The van der Waals surface area contributed by atoms with Crippen LogP contribution in [0.25, 0.3) is 0 Å². The van der Waals surface area contributed by atoms with Crippen LogP contribution in [0.3, 0.4) is 0 Å². The van der Waals surface area contributed by atoms with Gasteiger partial charge in [-0.3, -0.25) is 4.79 Å². The highest BCUT2D eigenvalue weighted by Gasteiger charge is 2.18. The fourth-order valence-electron chi connectivity index (χ4n) is 2.39.